The normalized spacial score (nSPS) is 10.8. The van der Waals surface area contributed by atoms with Crippen LogP contribution < -0.4 is 10.6 Å². The molecule has 5 heteroatoms. The van der Waals surface area contributed by atoms with Gasteiger partial charge in [-0.2, -0.15) is 4.98 Å². The molecule has 21 heavy (non-hydrogen) atoms. The van der Waals surface area contributed by atoms with E-state index in [4.69, 9.17) is 0 Å². The number of benzene rings is 1. The van der Waals surface area contributed by atoms with Crippen LogP contribution in [0.3, 0.4) is 0 Å². The van der Waals surface area contributed by atoms with E-state index in [-0.39, 0.29) is 0 Å². The number of rotatable bonds is 5. The summed E-state index contributed by atoms with van der Waals surface area (Å²) >= 11 is 0. The van der Waals surface area contributed by atoms with Gasteiger partial charge in [0.25, 0.3) is 0 Å². The summed E-state index contributed by atoms with van der Waals surface area (Å²) in [7, 11) is 1.82. The van der Waals surface area contributed by atoms with Gasteiger partial charge in [-0.1, -0.05) is 18.2 Å². The molecular formula is C16H19N5. The zero-order valence-corrected chi connectivity index (χ0v) is 12.3. The summed E-state index contributed by atoms with van der Waals surface area (Å²) in [5.41, 5.74) is 3.45. The lowest BCUT2D eigenvalue weighted by atomic mass is 10.1. The maximum absolute atomic E-state index is 4.39. The number of aromatic nitrogens is 3. The second-order valence-electron chi connectivity index (χ2n) is 5.00. The molecule has 0 unspecified atom stereocenters. The van der Waals surface area contributed by atoms with Gasteiger partial charge in [0.15, 0.2) is 0 Å². The van der Waals surface area contributed by atoms with Gasteiger partial charge in [0.1, 0.15) is 5.82 Å². The predicted octanol–water partition coefficient (Wildman–Crippen LogP) is 2.96. The van der Waals surface area contributed by atoms with Crippen molar-refractivity contribution in [2.24, 2.45) is 0 Å². The van der Waals surface area contributed by atoms with Crippen molar-refractivity contribution >= 4 is 22.7 Å². The van der Waals surface area contributed by atoms with E-state index < -0.39 is 0 Å². The fourth-order valence-corrected chi connectivity index (χ4v) is 2.43. The summed E-state index contributed by atoms with van der Waals surface area (Å²) in [4.78, 5) is 12.0. The number of hydrogen-bond donors (Lipinski definition) is 3. The minimum absolute atomic E-state index is 0.643. The fourth-order valence-electron chi connectivity index (χ4n) is 2.43. The highest BCUT2D eigenvalue weighted by atomic mass is 15.1. The highest BCUT2D eigenvalue weighted by molar-refractivity contribution is 5.83. The van der Waals surface area contributed by atoms with Crippen molar-refractivity contribution in [3.8, 4) is 0 Å². The first kappa shape index (κ1) is 13.4. The largest absolute Gasteiger partial charge is 0.370 e. The van der Waals surface area contributed by atoms with Crippen LogP contribution in [0.5, 0.6) is 0 Å². The van der Waals surface area contributed by atoms with Crippen LogP contribution in [0, 0.1) is 6.92 Å². The van der Waals surface area contributed by atoms with Crippen LogP contribution in [-0.4, -0.2) is 28.5 Å². The second kappa shape index (κ2) is 5.83. The molecule has 0 spiro atoms. The number of aryl methyl sites for hydroxylation is 1. The summed E-state index contributed by atoms with van der Waals surface area (Å²) in [6.07, 6.45) is 3.03. The van der Waals surface area contributed by atoms with E-state index >= 15 is 0 Å². The molecule has 0 amide bonds. The van der Waals surface area contributed by atoms with Gasteiger partial charge in [0.2, 0.25) is 5.95 Å². The predicted molar refractivity (Wildman–Crippen MR) is 86.8 cm³/mol. The molecule has 0 aliphatic rings. The number of hydrogen-bond acceptors (Lipinski definition) is 4. The summed E-state index contributed by atoms with van der Waals surface area (Å²) in [5, 5.41) is 7.61. The summed E-state index contributed by atoms with van der Waals surface area (Å²) in [6, 6.07) is 10.3. The molecule has 0 fully saturated rings. The van der Waals surface area contributed by atoms with Crippen molar-refractivity contribution in [2.75, 3.05) is 24.2 Å². The molecule has 2 heterocycles. The molecule has 0 radical (unpaired) electrons. The number of H-pyrrole nitrogens is 1. The Labute approximate surface area is 123 Å². The Kier molecular flexibility index (Phi) is 3.73. The van der Waals surface area contributed by atoms with E-state index in [2.05, 4.69) is 50.0 Å². The van der Waals surface area contributed by atoms with Crippen molar-refractivity contribution in [1.29, 1.82) is 0 Å². The molecular weight excluding hydrogens is 262 g/mol. The lowest BCUT2D eigenvalue weighted by Crippen LogP contribution is -2.08. The van der Waals surface area contributed by atoms with Gasteiger partial charge < -0.3 is 15.6 Å². The average molecular weight is 281 g/mol. The maximum Gasteiger partial charge on any atom is 0.224 e. The van der Waals surface area contributed by atoms with Crippen LogP contribution in [0.15, 0.2) is 36.5 Å². The van der Waals surface area contributed by atoms with Gasteiger partial charge >= 0.3 is 0 Å². The molecule has 2 aromatic heterocycles. The minimum atomic E-state index is 0.643. The van der Waals surface area contributed by atoms with Crippen LogP contribution in [0.2, 0.25) is 0 Å². The van der Waals surface area contributed by atoms with E-state index in [1.54, 1.807) is 0 Å². The molecule has 0 bridgehead atoms. The van der Waals surface area contributed by atoms with Crippen molar-refractivity contribution in [3.05, 3.63) is 47.8 Å². The lowest BCUT2D eigenvalue weighted by molar-refractivity contribution is 0.999. The first-order chi connectivity index (χ1) is 10.3. The smallest absolute Gasteiger partial charge is 0.224 e. The molecule has 3 aromatic rings. The van der Waals surface area contributed by atoms with E-state index in [9.17, 15) is 0 Å². The molecule has 3 N–H and O–H groups in total. The lowest BCUT2D eigenvalue weighted by Gasteiger charge is -2.08. The molecule has 0 saturated heterocycles. The first-order valence-corrected chi connectivity index (χ1v) is 7.08. The van der Waals surface area contributed by atoms with Gasteiger partial charge in [-0.3, -0.25) is 0 Å². The SMILES string of the molecule is CNc1nc(C)cc(NCCc2c[nH]c3ccccc23)n1. The Morgan fingerprint density at radius 3 is 2.90 bits per heavy atom. The summed E-state index contributed by atoms with van der Waals surface area (Å²) < 4.78 is 0. The van der Waals surface area contributed by atoms with Crippen LogP contribution in [0.1, 0.15) is 11.3 Å². The topological polar surface area (TPSA) is 65.6 Å². The second-order valence-corrected chi connectivity index (χ2v) is 5.00. The fraction of sp³-hybridized carbons (Fsp3) is 0.250. The summed E-state index contributed by atoms with van der Waals surface area (Å²) in [5.74, 6) is 1.50. The van der Waals surface area contributed by atoms with Crippen molar-refractivity contribution in [2.45, 2.75) is 13.3 Å². The van der Waals surface area contributed by atoms with Gasteiger partial charge in [-0.05, 0) is 25.0 Å². The van der Waals surface area contributed by atoms with Crippen LogP contribution >= 0.6 is 0 Å². The van der Waals surface area contributed by atoms with E-state index in [0.717, 1.165) is 24.5 Å². The van der Waals surface area contributed by atoms with Crippen molar-refractivity contribution in [3.63, 3.8) is 0 Å². The molecule has 0 aliphatic carbocycles. The molecule has 5 nitrogen and oxygen atoms in total. The van der Waals surface area contributed by atoms with E-state index in [1.165, 1.54) is 16.5 Å². The third-order valence-corrected chi connectivity index (χ3v) is 3.45. The Morgan fingerprint density at radius 1 is 1.19 bits per heavy atom. The average Bonchev–Trinajstić information content (AvgIpc) is 2.90. The Bertz CT molecular complexity index is 747. The van der Waals surface area contributed by atoms with Crippen LogP contribution in [0.25, 0.3) is 10.9 Å². The first-order valence-electron chi connectivity index (χ1n) is 7.08. The van der Waals surface area contributed by atoms with Gasteiger partial charge in [0.05, 0.1) is 0 Å². The van der Waals surface area contributed by atoms with E-state index in [0.29, 0.717) is 5.95 Å². The molecule has 0 aliphatic heterocycles. The van der Waals surface area contributed by atoms with Gasteiger partial charge in [-0.15, -0.1) is 0 Å². The Hall–Kier alpha value is -2.56. The number of para-hydroxylation sites is 1. The minimum Gasteiger partial charge on any atom is -0.370 e. The highest BCUT2D eigenvalue weighted by Crippen LogP contribution is 2.18. The Morgan fingerprint density at radius 2 is 2.05 bits per heavy atom. The molecule has 0 saturated carbocycles. The number of nitrogens with zero attached hydrogens (tertiary/aromatic N) is 2. The number of nitrogens with one attached hydrogen (secondary N) is 3. The monoisotopic (exact) mass is 281 g/mol. The van der Waals surface area contributed by atoms with Crippen LogP contribution in [-0.2, 0) is 6.42 Å². The number of fused-ring (bicyclic) bond motifs is 1. The molecule has 108 valence electrons. The highest BCUT2D eigenvalue weighted by Gasteiger charge is 2.04. The standard InChI is InChI=1S/C16H19N5/c1-11-9-15(21-16(17-2)20-11)18-8-7-12-10-19-14-6-4-3-5-13(12)14/h3-6,9-10,19H,7-8H2,1-2H3,(H2,17,18,20,21). The zero-order chi connectivity index (χ0) is 14.7. The van der Waals surface area contributed by atoms with Gasteiger partial charge in [0, 0.05) is 42.5 Å². The third kappa shape index (κ3) is 2.97. The summed E-state index contributed by atoms with van der Waals surface area (Å²) in [6.45, 7) is 2.80. The van der Waals surface area contributed by atoms with E-state index in [1.807, 2.05) is 26.1 Å². The maximum atomic E-state index is 4.39. The molecule has 1 aromatic carbocycles. The van der Waals surface area contributed by atoms with Crippen LogP contribution in [0.4, 0.5) is 11.8 Å². The molecule has 0 atom stereocenters. The zero-order valence-electron chi connectivity index (χ0n) is 12.3. The third-order valence-electron chi connectivity index (χ3n) is 3.45. The quantitative estimate of drug-likeness (QED) is 0.672. The van der Waals surface area contributed by atoms with Gasteiger partial charge in [-0.25, -0.2) is 4.98 Å². The Balaban J connectivity index is 1.67. The number of aromatic amines is 1. The van der Waals surface area contributed by atoms with Crippen molar-refractivity contribution < 1.29 is 0 Å². The number of anilines is 2. The van der Waals surface area contributed by atoms with Crippen molar-refractivity contribution in [1.82, 2.24) is 15.0 Å². The molecule has 3 rings (SSSR count).